The van der Waals surface area contributed by atoms with E-state index in [-0.39, 0.29) is 17.7 Å². The molecule has 4 rings (SSSR count). The van der Waals surface area contributed by atoms with Gasteiger partial charge in [0.15, 0.2) is 5.82 Å². The van der Waals surface area contributed by atoms with Crippen molar-refractivity contribution in [2.75, 3.05) is 22.6 Å². The van der Waals surface area contributed by atoms with Crippen LogP contribution in [0.25, 0.3) is 22.6 Å². The average molecular weight is 429 g/mol. The lowest BCUT2D eigenvalue weighted by molar-refractivity contribution is -0.123. The number of nitrogens with one attached hydrogen (secondary N) is 3. The Hall–Kier alpha value is -2.87. The number of carbonyl (C=O) groups is 2. The van der Waals surface area contributed by atoms with Crippen LogP contribution >= 0.6 is 11.6 Å². The van der Waals surface area contributed by atoms with Gasteiger partial charge in [-0.25, -0.2) is 4.98 Å². The maximum absolute atomic E-state index is 12.8. The molecule has 3 aromatic rings. The first-order valence-corrected chi connectivity index (χ1v) is 10.4. The van der Waals surface area contributed by atoms with Crippen LogP contribution in [-0.4, -0.2) is 44.4 Å². The number of nitrogens with zero attached hydrogens (tertiary/aromatic N) is 3. The lowest BCUT2D eigenvalue weighted by Crippen LogP contribution is -2.35. The smallest absolute Gasteiger partial charge is 0.237 e. The zero-order chi connectivity index (χ0) is 21.8. The Morgan fingerprint density at radius 1 is 1.33 bits per heavy atom. The Morgan fingerprint density at radius 2 is 2.07 bits per heavy atom. The van der Waals surface area contributed by atoms with Crippen molar-refractivity contribution in [1.29, 1.82) is 0 Å². The highest BCUT2D eigenvalue weighted by Crippen LogP contribution is 2.43. The summed E-state index contributed by atoms with van der Waals surface area (Å²) in [6.45, 7) is 10.00. The number of aromatic amines is 2. The SMILES string of the molecule is CCN1C(=O)C(C)(C)c2cc3[nH]c(-c4[nH]ncc4NC(=O)C(C)(C)CCl)nc3cc21. The van der Waals surface area contributed by atoms with Crippen molar-refractivity contribution >= 4 is 45.8 Å². The number of alkyl halides is 1. The number of imidazole rings is 1. The number of benzene rings is 1. The minimum absolute atomic E-state index is 0.0911. The second-order valence-electron chi connectivity index (χ2n) is 8.78. The lowest BCUT2D eigenvalue weighted by Gasteiger charge is -2.19. The summed E-state index contributed by atoms with van der Waals surface area (Å²) in [5.74, 6) is 0.643. The molecule has 0 saturated heterocycles. The summed E-state index contributed by atoms with van der Waals surface area (Å²) in [6, 6.07) is 3.92. The molecular formula is C21H25ClN6O2. The molecule has 8 nitrogen and oxygen atoms in total. The number of H-pyrrole nitrogens is 2. The van der Waals surface area contributed by atoms with Crippen molar-refractivity contribution < 1.29 is 9.59 Å². The zero-order valence-corrected chi connectivity index (χ0v) is 18.4. The zero-order valence-electron chi connectivity index (χ0n) is 17.7. The van der Waals surface area contributed by atoms with E-state index in [1.807, 2.05) is 32.9 Å². The van der Waals surface area contributed by atoms with E-state index in [0.717, 1.165) is 22.3 Å². The van der Waals surface area contributed by atoms with Crippen LogP contribution in [0.5, 0.6) is 0 Å². The van der Waals surface area contributed by atoms with E-state index in [1.165, 1.54) is 0 Å². The van der Waals surface area contributed by atoms with Gasteiger partial charge in [0, 0.05) is 12.4 Å². The van der Waals surface area contributed by atoms with Gasteiger partial charge in [-0.1, -0.05) is 0 Å². The summed E-state index contributed by atoms with van der Waals surface area (Å²) >= 11 is 5.91. The lowest BCUT2D eigenvalue weighted by atomic mass is 9.86. The summed E-state index contributed by atoms with van der Waals surface area (Å²) in [7, 11) is 0. The molecule has 1 aliphatic heterocycles. The summed E-state index contributed by atoms with van der Waals surface area (Å²) in [6.07, 6.45) is 1.55. The molecule has 2 amide bonds. The van der Waals surface area contributed by atoms with Crippen molar-refractivity contribution in [3.05, 3.63) is 23.9 Å². The molecular weight excluding hydrogens is 404 g/mol. The number of aromatic nitrogens is 4. The number of hydrogen-bond acceptors (Lipinski definition) is 4. The normalized spacial score (nSPS) is 15.7. The molecule has 158 valence electrons. The third-order valence-corrected chi connectivity index (χ3v) is 6.40. The van der Waals surface area contributed by atoms with Crippen LogP contribution in [-0.2, 0) is 15.0 Å². The third-order valence-electron chi connectivity index (χ3n) is 5.73. The predicted molar refractivity (Wildman–Crippen MR) is 118 cm³/mol. The quantitative estimate of drug-likeness (QED) is 0.537. The van der Waals surface area contributed by atoms with Crippen LogP contribution in [0.15, 0.2) is 18.3 Å². The van der Waals surface area contributed by atoms with Gasteiger partial charge in [-0.15, -0.1) is 11.6 Å². The van der Waals surface area contributed by atoms with E-state index < -0.39 is 10.8 Å². The molecule has 0 bridgehead atoms. The van der Waals surface area contributed by atoms with Crippen molar-refractivity contribution in [2.45, 2.75) is 40.0 Å². The largest absolute Gasteiger partial charge is 0.337 e. The van der Waals surface area contributed by atoms with Crippen molar-refractivity contribution in [1.82, 2.24) is 20.2 Å². The van der Waals surface area contributed by atoms with E-state index in [2.05, 4.69) is 25.5 Å². The summed E-state index contributed by atoms with van der Waals surface area (Å²) in [5, 5.41) is 9.84. The van der Waals surface area contributed by atoms with Gasteiger partial charge < -0.3 is 15.2 Å². The van der Waals surface area contributed by atoms with E-state index in [0.29, 0.717) is 23.8 Å². The maximum Gasteiger partial charge on any atom is 0.237 e. The number of halogens is 1. The van der Waals surface area contributed by atoms with E-state index in [9.17, 15) is 9.59 Å². The number of amides is 2. The molecule has 0 unspecified atom stereocenters. The summed E-state index contributed by atoms with van der Waals surface area (Å²) in [5.41, 5.74) is 3.20. The maximum atomic E-state index is 12.8. The molecule has 0 spiro atoms. The molecule has 9 heteroatoms. The molecule has 1 aromatic carbocycles. The van der Waals surface area contributed by atoms with Crippen LogP contribution < -0.4 is 10.2 Å². The first-order valence-electron chi connectivity index (χ1n) is 9.87. The number of fused-ring (bicyclic) bond motifs is 2. The van der Waals surface area contributed by atoms with Gasteiger partial charge in [0.2, 0.25) is 11.8 Å². The van der Waals surface area contributed by atoms with Gasteiger partial charge in [-0.3, -0.25) is 14.7 Å². The number of carbonyl (C=O) groups excluding carboxylic acids is 2. The van der Waals surface area contributed by atoms with Crippen molar-refractivity contribution in [2.24, 2.45) is 5.41 Å². The van der Waals surface area contributed by atoms with Crippen LogP contribution in [0.2, 0.25) is 0 Å². The second kappa shape index (κ2) is 6.84. The van der Waals surface area contributed by atoms with E-state index in [4.69, 9.17) is 11.6 Å². The van der Waals surface area contributed by atoms with Crippen LogP contribution in [0.3, 0.4) is 0 Å². The van der Waals surface area contributed by atoms with E-state index >= 15 is 0 Å². The standard InChI is InChI=1S/C21H25ClN6O2/c1-6-28-15-8-13-12(7-11(15)21(4,5)19(28)30)24-17(25-13)16-14(9-23-27-16)26-18(29)20(2,3)10-22/h7-9H,6,10H2,1-5H3,(H,23,27)(H,24,25)(H,26,29). The number of anilines is 2. The van der Waals surface area contributed by atoms with Crippen molar-refractivity contribution in [3.8, 4) is 11.5 Å². The molecule has 3 N–H and O–H groups in total. The molecule has 3 heterocycles. The molecule has 0 radical (unpaired) electrons. The highest BCUT2D eigenvalue weighted by molar-refractivity contribution is 6.20. The Balaban J connectivity index is 1.75. The molecule has 30 heavy (non-hydrogen) atoms. The third kappa shape index (κ3) is 2.98. The van der Waals surface area contributed by atoms with Gasteiger partial charge in [0.05, 0.1) is 39.4 Å². The fraction of sp³-hybridized carbons (Fsp3) is 0.429. The molecule has 0 saturated carbocycles. The molecule has 2 aromatic heterocycles. The van der Waals surface area contributed by atoms with E-state index in [1.54, 1.807) is 24.9 Å². The predicted octanol–water partition coefficient (Wildman–Crippen LogP) is 3.80. The fourth-order valence-electron chi connectivity index (χ4n) is 3.68. The van der Waals surface area contributed by atoms with Crippen LogP contribution in [0.4, 0.5) is 11.4 Å². The number of rotatable bonds is 5. The first kappa shape index (κ1) is 20.4. The second-order valence-corrected chi connectivity index (χ2v) is 9.04. The van der Waals surface area contributed by atoms with Gasteiger partial charge in [-0.05, 0) is 52.3 Å². The topological polar surface area (TPSA) is 107 Å². The highest BCUT2D eigenvalue weighted by atomic mass is 35.5. The fourth-order valence-corrected chi connectivity index (χ4v) is 3.80. The van der Waals surface area contributed by atoms with Crippen LogP contribution in [0, 0.1) is 5.41 Å². The van der Waals surface area contributed by atoms with Crippen molar-refractivity contribution in [3.63, 3.8) is 0 Å². The Morgan fingerprint density at radius 3 is 2.73 bits per heavy atom. The summed E-state index contributed by atoms with van der Waals surface area (Å²) < 4.78 is 0. The van der Waals surface area contributed by atoms with Crippen LogP contribution in [0.1, 0.15) is 40.2 Å². The Labute approximate surface area is 179 Å². The highest BCUT2D eigenvalue weighted by Gasteiger charge is 2.43. The molecule has 0 aliphatic carbocycles. The molecule has 0 atom stereocenters. The molecule has 0 fully saturated rings. The number of hydrogen-bond donors (Lipinski definition) is 3. The van der Waals surface area contributed by atoms with Gasteiger partial charge >= 0.3 is 0 Å². The monoisotopic (exact) mass is 428 g/mol. The minimum atomic E-state index is -0.716. The minimum Gasteiger partial charge on any atom is -0.337 e. The van der Waals surface area contributed by atoms with Gasteiger partial charge in [-0.2, -0.15) is 5.10 Å². The Bertz CT molecular complexity index is 1160. The summed E-state index contributed by atoms with van der Waals surface area (Å²) in [4.78, 5) is 35.0. The Kier molecular flexibility index (Phi) is 4.65. The van der Waals surface area contributed by atoms with Gasteiger partial charge in [0.25, 0.3) is 0 Å². The number of likely N-dealkylation sites (N-methyl/N-ethyl adjacent to an activating group) is 1. The van der Waals surface area contributed by atoms with Gasteiger partial charge in [0.1, 0.15) is 5.69 Å². The molecule has 1 aliphatic rings. The first-order chi connectivity index (χ1) is 14.1. The average Bonchev–Trinajstić information content (AvgIpc) is 3.37.